The van der Waals surface area contributed by atoms with Crippen LogP contribution in [0.5, 0.6) is 0 Å². The number of rotatable bonds is 8. The van der Waals surface area contributed by atoms with Crippen LogP contribution in [0.1, 0.15) is 19.8 Å². The van der Waals surface area contributed by atoms with Crippen LogP contribution >= 0.6 is 34.9 Å². The lowest BCUT2D eigenvalue weighted by atomic mass is 10.2. The number of nitrogens with zero attached hydrogens (tertiary/aromatic N) is 3. The van der Waals surface area contributed by atoms with Gasteiger partial charge in [-0.1, -0.05) is 30.0 Å². The van der Waals surface area contributed by atoms with E-state index < -0.39 is 0 Å². The van der Waals surface area contributed by atoms with Crippen molar-refractivity contribution in [2.24, 2.45) is 0 Å². The molecule has 30 heavy (non-hydrogen) atoms. The maximum Gasteiger partial charge on any atom is 0.237 e. The molecule has 2 atom stereocenters. The van der Waals surface area contributed by atoms with Gasteiger partial charge in [-0.15, -0.1) is 33.3 Å². The molecule has 0 spiro atoms. The largest absolute Gasteiger partial charge is 0.376 e. The van der Waals surface area contributed by atoms with Crippen molar-refractivity contribution in [2.45, 2.75) is 47.7 Å². The van der Waals surface area contributed by atoms with Crippen molar-refractivity contribution in [3.05, 3.63) is 41.8 Å². The Morgan fingerprint density at radius 1 is 1.33 bits per heavy atom. The summed E-state index contributed by atoms with van der Waals surface area (Å²) in [6.07, 6.45) is 4.28. The third kappa shape index (κ3) is 4.91. The molecule has 0 aliphatic carbocycles. The maximum absolute atomic E-state index is 12.9. The fourth-order valence-electron chi connectivity index (χ4n) is 3.31. The monoisotopic (exact) mass is 460 g/mol. The molecule has 3 heterocycles. The second-order valence-corrected chi connectivity index (χ2v) is 10.1. The number of benzene rings is 1. The zero-order valence-corrected chi connectivity index (χ0v) is 19.4. The van der Waals surface area contributed by atoms with Gasteiger partial charge in [0, 0.05) is 11.5 Å². The third-order valence-electron chi connectivity index (χ3n) is 4.88. The van der Waals surface area contributed by atoms with Crippen molar-refractivity contribution in [3.8, 4) is 10.7 Å². The highest BCUT2D eigenvalue weighted by atomic mass is 32.2. The van der Waals surface area contributed by atoms with Gasteiger partial charge in [0.1, 0.15) is 0 Å². The number of para-hydroxylation sites is 1. The highest BCUT2D eigenvalue weighted by Gasteiger charge is 2.25. The Hall–Kier alpha value is -1.81. The second-order valence-electron chi connectivity index (χ2n) is 6.98. The summed E-state index contributed by atoms with van der Waals surface area (Å²) in [5, 5.41) is 14.4. The Bertz CT molecular complexity index is 984. The van der Waals surface area contributed by atoms with Gasteiger partial charge in [0.05, 0.1) is 28.5 Å². The highest BCUT2D eigenvalue weighted by Crippen LogP contribution is 2.31. The number of hydrogen-bond donors (Lipinski definition) is 1. The molecule has 1 N–H and O–H groups in total. The molecule has 2 aromatic heterocycles. The van der Waals surface area contributed by atoms with Crippen LogP contribution in [0.15, 0.2) is 51.8 Å². The highest BCUT2D eigenvalue weighted by molar-refractivity contribution is 8.00. The summed E-state index contributed by atoms with van der Waals surface area (Å²) < 4.78 is 7.95. The fourth-order valence-corrected chi connectivity index (χ4v) is 5.44. The van der Waals surface area contributed by atoms with Crippen LogP contribution in [0.2, 0.25) is 0 Å². The molecular weight excluding hydrogens is 436 g/mol. The van der Waals surface area contributed by atoms with Crippen LogP contribution in [0.25, 0.3) is 10.7 Å². The summed E-state index contributed by atoms with van der Waals surface area (Å²) in [6, 6.07) is 11.9. The second kappa shape index (κ2) is 10.00. The van der Waals surface area contributed by atoms with Gasteiger partial charge >= 0.3 is 0 Å². The summed E-state index contributed by atoms with van der Waals surface area (Å²) in [6.45, 7) is 3.40. The Morgan fingerprint density at radius 2 is 2.20 bits per heavy atom. The minimum absolute atomic E-state index is 0.0501. The number of aromatic nitrogens is 3. The van der Waals surface area contributed by atoms with E-state index in [1.165, 1.54) is 11.8 Å². The summed E-state index contributed by atoms with van der Waals surface area (Å²) >= 11 is 4.68. The molecule has 2 unspecified atom stereocenters. The minimum atomic E-state index is -0.316. The molecule has 1 aliphatic rings. The van der Waals surface area contributed by atoms with Crippen molar-refractivity contribution < 1.29 is 9.53 Å². The van der Waals surface area contributed by atoms with Crippen molar-refractivity contribution >= 4 is 46.5 Å². The molecule has 158 valence electrons. The van der Waals surface area contributed by atoms with Crippen molar-refractivity contribution in [1.82, 2.24) is 14.8 Å². The molecule has 0 radical (unpaired) electrons. The van der Waals surface area contributed by atoms with Crippen molar-refractivity contribution in [3.63, 3.8) is 0 Å². The van der Waals surface area contributed by atoms with Crippen LogP contribution in [-0.2, 0) is 16.1 Å². The molecule has 1 fully saturated rings. The number of carbonyl (C=O) groups excluding carboxylic acids is 1. The van der Waals surface area contributed by atoms with Gasteiger partial charge in [-0.2, -0.15) is 0 Å². The van der Waals surface area contributed by atoms with Crippen LogP contribution < -0.4 is 5.32 Å². The van der Waals surface area contributed by atoms with Gasteiger partial charge in [0.2, 0.25) is 5.91 Å². The fraction of sp³-hybridized carbons (Fsp3) is 0.381. The molecule has 9 heteroatoms. The number of amides is 1. The molecule has 0 saturated carbocycles. The van der Waals surface area contributed by atoms with Gasteiger partial charge < -0.3 is 10.1 Å². The zero-order valence-electron chi connectivity index (χ0n) is 16.9. The first-order valence-corrected chi connectivity index (χ1v) is 12.8. The number of thiophene rings is 1. The first-order valence-electron chi connectivity index (χ1n) is 9.85. The van der Waals surface area contributed by atoms with Gasteiger partial charge in [-0.25, -0.2) is 0 Å². The minimum Gasteiger partial charge on any atom is -0.376 e. The standard InChI is InChI=1S/C21H24N4O2S3/c1-14(20(26)22-16-8-3-4-9-17(16)28-2)30-21-24-23-19(18-10-6-12-29-18)25(21)13-15-7-5-11-27-15/h3-4,6,8-10,12,14-15H,5,7,11,13H2,1-2H3,(H,22,26). The van der Waals surface area contributed by atoms with E-state index in [-0.39, 0.29) is 17.3 Å². The van der Waals surface area contributed by atoms with E-state index in [2.05, 4.69) is 20.1 Å². The molecule has 1 saturated heterocycles. The lowest BCUT2D eigenvalue weighted by Crippen LogP contribution is -2.24. The van der Waals surface area contributed by atoms with E-state index >= 15 is 0 Å². The van der Waals surface area contributed by atoms with Gasteiger partial charge in [-0.3, -0.25) is 9.36 Å². The van der Waals surface area contributed by atoms with Gasteiger partial charge in [0.25, 0.3) is 0 Å². The number of thioether (sulfide) groups is 2. The van der Waals surface area contributed by atoms with Gasteiger partial charge in [0.15, 0.2) is 11.0 Å². The molecule has 1 amide bonds. The van der Waals surface area contributed by atoms with Crippen molar-refractivity contribution in [2.75, 3.05) is 18.2 Å². The Morgan fingerprint density at radius 3 is 2.93 bits per heavy atom. The SMILES string of the molecule is CSc1ccccc1NC(=O)C(C)Sc1nnc(-c2cccs2)n1CC1CCCO1. The lowest BCUT2D eigenvalue weighted by molar-refractivity contribution is -0.115. The molecule has 6 nitrogen and oxygen atoms in total. The molecule has 0 bridgehead atoms. The van der Waals surface area contributed by atoms with E-state index in [0.29, 0.717) is 6.54 Å². The third-order valence-corrected chi connectivity index (χ3v) is 7.63. The average Bonchev–Trinajstić information content (AvgIpc) is 3.52. The molecule has 4 rings (SSSR count). The predicted molar refractivity (Wildman–Crippen MR) is 124 cm³/mol. The number of carbonyl (C=O) groups is 1. The molecule has 1 aliphatic heterocycles. The van der Waals surface area contributed by atoms with Crippen LogP contribution in [-0.4, -0.2) is 44.9 Å². The van der Waals surface area contributed by atoms with Crippen LogP contribution in [0, 0.1) is 0 Å². The van der Waals surface area contributed by atoms with E-state index in [1.54, 1.807) is 23.1 Å². The average molecular weight is 461 g/mol. The summed E-state index contributed by atoms with van der Waals surface area (Å²) in [5.41, 5.74) is 0.836. The van der Waals surface area contributed by atoms with E-state index in [1.807, 2.05) is 55.0 Å². The summed E-state index contributed by atoms with van der Waals surface area (Å²) in [7, 11) is 0. The van der Waals surface area contributed by atoms with Gasteiger partial charge in [-0.05, 0) is 49.6 Å². The molecule has 3 aromatic rings. The Kier molecular flexibility index (Phi) is 7.14. The first-order chi connectivity index (χ1) is 14.7. The predicted octanol–water partition coefficient (Wildman–Crippen LogP) is 5.03. The summed E-state index contributed by atoms with van der Waals surface area (Å²) in [4.78, 5) is 15.0. The molecular formula is C21H24N4O2S3. The van der Waals surface area contributed by atoms with Crippen molar-refractivity contribution in [1.29, 1.82) is 0 Å². The topological polar surface area (TPSA) is 69.0 Å². The maximum atomic E-state index is 12.9. The Labute approximate surface area is 188 Å². The Balaban J connectivity index is 1.52. The van der Waals surface area contributed by atoms with Crippen LogP contribution in [0.3, 0.4) is 0 Å². The number of anilines is 1. The first kappa shape index (κ1) is 21.4. The van der Waals surface area contributed by atoms with E-state index in [0.717, 1.165) is 45.9 Å². The zero-order chi connectivity index (χ0) is 20.9. The summed E-state index contributed by atoms with van der Waals surface area (Å²) in [5.74, 6) is 0.786. The lowest BCUT2D eigenvalue weighted by Gasteiger charge is -2.16. The van der Waals surface area contributed by atoms with E-state index in [4.69, 9.17) is 4.74 Å². The number of ether oxygens (including phenoxy) is 1. The quantitative estimate of drug-likeness (QED) is 0.476. The normalized spacial score (nSPS) is 17.2. The molecule has 1 aromatic carbocycles. The number of nitrogens with one attached hydrogen (secondary N) is 1. The van der Waals surface area contributed by atoms with Crippen LogP contribution in [0.4, 0.5) is 5.69 Å². The van der Waals surface area contributed by atoms with E-state index in [9.17, 15) is 4.79 Å². The smallest absolute Gasteiger partial charge is 0.237 e. The number of hydrogen-bond acceptors (Lipinski definition) is 7.